The van der Waals surface area contributed by atoms with Gasteiger partial charge in [-0.3, -0.25) is 9.59 Å². The largest absolute Gasteiger partial charge is 0.477 e. The summed E-state index contributed by atoms with van der Waals surface area (Å²) in [5, 5.41) is 9.75. The van der Waals surface area contributed by atoms with E-state index in [1.165, 1.54) is 238 Å². The molecule has 9 heteroatoms. The third kappa shape index (κ3) is 68.1. The molecule has 2 unspecified atom stereocenters. The van der Waals surface area contributed by atoms with Crippen molar-refractivity contribution >= 4 is 17.9 Å². The lowest BCUT2D eigenvalue weighted by Gasteiger charge is -2.25. The Morgan fingerprint density at radius 3 is 1.01 bits per heavy atom. The van der Waals surface area contributed by atoms with Crippen molar-refractivity contribution in [3.05, 3.63) is 72.9 Å². The van der Waals surface area contributed by atoms with Crippen molar-refractivity contribution < 1.29 is 42.9 Å². The number of unbranched alkanes of at least 4 members (excludes halogenated alkanes) is 40. The number of hydrogen-bond acceptors (Lipinski definition) is 7. The highest BCUT2D eigenvalue weighted by molar-refractivity contribution is 5.71. The summed E-state index contributed by atoms with van der Waals surface area (Å²) in [6, 6.07) is 0. The highest BCUT2D eigenvalue weighted by Gasteiger charge is 2.25. The molecule has 0 aromatic rings. The van der Waals surface area contributed by atoms with Crippen LogP contribution in [0.5, 0.6) is 0 Å². The number of quaternary nitrogens is 1. The highest BCUT2D eigenvalue weighted by atomic mass is 16.7. The number of carbonyl (C=O) groups excluding carboxylic acids is 2. The minimum Gasteiger partial charge on any atom is -0.477 e. The molecule has 0 aliphatic heterocycles. The molecule has 0 bridgehead atoms. The van der Waals surface area contributed by atoms with Gasteiger partial charge in [0, 0.05) is 12.8 Å². The fourth-order valence-electron chi connectivity index (χ4n) is 10.5. The Morgan fingerprint density at radius 1 is 0.365 bits per heavy atom. The molecule has 0 saturated heterocycles. The van der Waals surface area contributed by atoms with E-state index in [4.69, 9.17) is 18.9 Å². The van der Waals surface area contributed by atoms with Crippen LogP contribution in [-0.4, -0.2) is 87.4 Å². The Bertz CT molecular complexity index is 1620. The van der Waals surface area contributed by atoms with Crippen LogP contribution in [0, 0.1) is 0 Å². The Morgan fingerprint density at radius 2 is 0.671 bits per heavy atom. The molecule has 1 N–H and O–H groups in total. The van der Waals surface area contributed by atoms with Crippen LogP contribution < -0.4 is 0 Å². The van der Waals surface area contributed by atoms with Crippen LogP contribution in [0.2, 0.25) is 0 Å². The Hall–Kier alpha value is -3.27. The second-order valence-electron chi connectivity index (χ2n) is 25.5. The molecule has 494 valence electrons. The van der Waals surface area contributed by atoms with Crippen LogP contribution in [0.1, 0.15) is 335 Å². The lowest BCUT2D eigenvalue weighted by atomic mass is 10.0. The van der Waals surface area contributed by atoms with Crippen molar-refractivity contribution in [1.29, 1.82) is 0 Å². The molecular formula is C76H138NO8+. The number of carbonyl (C=O) groups is 3. The molecule has 0 amide bonds. The van der Waals surface area contributed by atoms with E-state index >= 15 is 0 Å². The normalized spacial score (nSPS) is 13.1. The molecule has 0 aliphatic rings. The fourth-order valence-corrected chi connectivity index (χ4v) is 10.5. The molecule has 0 fully saturated rings. The Labute approximate surface area is 526 Å². The van der Waals surface area contributed by atoms with E-state index in [0.717, 1.165) is 70.6 Å². The number of esters is 2. The van der Waals surface area contributed by atoms with Gasteiger partial charge in [-0.2, -0.15) is 0 Å². The second kappa shape index (κ2) is 66.7. The zero-order valence-corrected chi connectivity index (χ0v) is 56.5. The number of carboxylic acid groups (broad SMARTS) is 1. The van der Waals surface area contributed by atoms with Crippen molar-refractivity contribution in [3.8, 4) is 0 Å². The summed E-state index contributed by atoms with van der Waals surface area (Å²) >= 11 is 0. The number of hydrogen-bond donors (Lipinski definition) is 1. The molecule has 0 heterocycles. The van der Waals surface area contributed by atoms with Gasteiger partial charge in [0.2, 0.25) is 0 Å². The van der Waals surface area contributed by atoms with Gasteiger partial charge in [-0.1, -0.05) is 311 Å². The van der Waals surface area contributed by atoms with Crippen LogP contribution in [0.4, 0.5) is 0 Å². The summed E-state index contributed by atoms with van der Waals surface area (Å²) in [6.45, 7) is 4.81. The Kier molecular flexibility index (Phi) is 64.1. The molecule has 85 heavy (non-hydrogen) atoms. The van der Waals surface area contributed by atoms with Crippen LogP contribution in [0.3, 0.4) is 0 Å². The van der Waals surface area contributed by atoms with E-state index in [1.54, 1.807) is 0 Å². The zero-order valence-electron chi connectivity index (χ0n) is 56.5. The first kappa shape index (κ1) is 81.7. The monoisotopic (exact) mass is 1190 g/mol. The van der Waals surface area contributed by atoms with E-state index in [2.05, 4.69) is 86.8 Å². The number of likely N-dealkylation sites (N-methyl/N-ethyl adjacent to an activating group) is 1. The topological polar surface area (TPSA) is 108 Å². The van der Waals surface area contributed by atoms with Gasteiger partial charge in [-0.15, -0.1) is 0 Å². The first-order valence-electron chi connectivity index (χ1n) is 36.1. The van der Waals surface area contributed by atoms with Gasteiger partial charge in [-0.05, 0) is 83.5 Å². The van der Waals surface area contributed by atoms with Gasteiger partial charge in [0.15, 0.2) is 6.10 Å². The van der Waals surface area contributed by atoms with Gasteiger partial charge < -0.3 is 28.5 Å². The van der Waals surface area contributed by atoms with Crippen LogP contribution in [-0.2, 0) is 33.3 Å². The number of ether oxygens (including phenoxy) is 4. The maximum Gasteiger partial charge on any atom is 0.361 e. The second-order valence-corrected chi connectivity index (χ2v) is 25.5. The van der Waals surface area contributed by atoms with Crippen LogP contribution in [0.25, 0.3) is 0 Å². The van der Waals surface area contributed by atoms with Crippen molar-refractivity contribution in [2.45, 2.75) is 347 Å². The number of allylic oxidation sites excluding steroid dienone is 12. The predicted octanol–water partition coefficient (Wildman–Crippen LogP) is 22.5. The van der Waals surface area contributed by atoms with Gasteiger partial charge in [0.05, 0.1) is 34.4 Å². The molecule has 2 atom stereocenters. The van der Waals surface area contributed by atoms with Gasteiger partial charge in [-0.25, -0.2) is 4.79 Å². The molecule has 0 radical (unpaired) electrons. The van der Waals surface area contributed by atoms with E-state index in [-0.39, 0.29) is 38.2 Å². The first-order chi connectivity index (χ1) is 41.6. The SMILES string of the molecule is CC/C=C\C/C=C\C/C=C\C/C=C\C/C=C\CCCCCCCCCCCCCCCCCCCCCC(=O)OC(COC(=O)CCCCCCCCCCCCCCC/C=C\CCCCCCCCCC)COC(OCC[N+](C)(C)C)C(=O)O. The standard InChI is InChI=1S/C76H137NO8/c1-6-8-10-12-14-16-18-20-22-24-26-28-30-32-33-34-35-36-37-38-39-40-41-43-45-47-49-51-53-55-57-59-61-63-65-67-74(79)85-72(71-84-76(75(80)81)82-69-68-77(3,4)5)70-83-73(78)66-64-62-60-58-56-54-52-50-48-46-44-42-31-29-27-25-23-21-19-17-15-13-11-9-7-2/h8,10,14,16,20,22,25-28,32-33,72,76H,6-7,9,11-13,15,17-19,21,23-24,29-31,34-71H2,1-5H3/p+1/b10-8-,16-14-,22-20-,27-25-,28-26-,33-32-. The van der Waals surface area contributed by atoms with Crippen molar-refractivity contribution in [3.63, 3.8) is 0 Å². The van der Waals surface area contributed by atoms with E-state index in [1.807, 2.05) is 21.1 Å². The minimum absolute atomic E-state index is 0.179. The molecule has 0 spiro atoms. The van der Waals surface area contributed by atoms with Gasteiger partial charge in [0.1, 0.15) is 13.2 Å². The molecule has 0 aromatic heterocycles. The number of aliphatic carboxylic acids is 1. The highest BCUT2D eigenvalue weighted by Crippen LogP contribution is 2.18. The van der Waals surface area contributed by atoms with E-state index < -0.39 is 18.4 Å². The van der Waals surface area contributed by atoms with Crippen LogP contribution >= 0.6 is 0 Å². The van der Waals surface area contributed by atoms with Crippen molar-refractivity contribution in [1.82, 2.24) is 0 Å². The molecule has 0 saturated carbocycles. The van der Waals surface area contributed by atoms with E-state index in [0.29, 0.717) is 17.4 Å². The lowest BCUT2D eigenvalue weighted by molar-refractivity contribution is -0.870. The summed E-state index contributed by atoms with van der Waals surface area (Å²) in [5.41, 5.74) is 0. The van der Waals surface area contributed by atoms with Gasteiger partial charge >= 0.3 is 17.9 Å². The maximum absolute atomic E-state index is 13.0. The molecule has 9 nitrogen and oxygen atoms in total. The van der Waals surface area contributed by atoms with Gasteiger partial charge in [0.25, 0.3) is 6.29 Å². The first-order valence-corrected chi connectivity index (χ1v) is 36.1. The smallest absolute Gasteiger partial charge is 0.361 e. The van der Waals surface area contributed by atoms with E-state index in [9.17, 15) is 19.5 Å². The minimum atomic E-state index is -1.51. The summed E-state index contributed by atoms with van der Waals surface area (Å²) in [6.07, 6.45) is 85.9. The number of nitrogens with zero attached hydrogens (tertiary/aromatic N) is 1. The molecular weight excluding hydrogens is 1050 g/mol. The third-order valence-corrected chi connectivity index (χ3v) is 15.9. The lowest BCUT2D eigenvalue weighted by Crippen LogP contribution is -2.40. The van der Waals surface area contributed by atoms with Crippen molar-refractivity contribution in [2.24, 2.45) is 0 Å². The maximum atomic E-state index is 13.0. The fraction of sp³-hybridized carbons (Fsp3) is 0.803. The molecule has 0 rings (SSSR count). The molecule has 0 aromatic carbocycles. The average molecular weight is 1190 g/mol. The summed E-state index contributed by atoms with van der Waals surface area (Å²) in [5.74, 6) is -1.98. The summed E-state index contributed by atoms with van der Waals surface area (Å²) in [7, 11) is 5.99. The average Bonchev–Trinajstić information content (AvgIpc) is 3.48. The quantitative estimate of drug-likeness (QED) is 0.0211. The number of carboxylic acids is 1. The predicted molar refractivity (Wildman–Crippen MR) is 364 cm³/mol. The molecule has 0 aliphatic carbocycles. The zero-order chi connectivity index (χ0) is 61.9. The van der Waals surface area contributed by atoms with Crippen LogP contribution in [0.15, 0.2) is 72.9 Å². The van der Waals surface area contributed by atoms with Crippen molar-refractivity contribution in [2.75, 3.05) is 47.5 Å². The third-order valence-electron chi connectivity index (χ3n) is 15.9. The Balaban J connectivity index is 4.05. The summed E-state index contributed by atoms with van der Waals surface area (Å²) in [4.78, 5) is 37.6. The number of rotatable bonds is 67. The summed E-state index contributed by atoms with van der Waals surface area (Å²) < 4.78 is 23.0.